The first-order valence-corrected chi connectivity index (χ1v) is 10.5. The van der Waals surface area contributed by atoms with Crippen molar-refractivity contribution in [2.75, 3.05) is 26.2 Å². The van der Waals surface area contributed by atoms with Crippen LogP contribution in [0, 0.1) is 0 Å². The summed E-state index contributed by atoms with van der Waals surface area (Å²) in [5.41, 5.74) is 2.09. The lowest BCUT2D eigenvalue weighted by Crippen LogP contribution is -2.44. The smallest absolute Gasteiger partial charge is 0.304 e. The van der Waals surface area contributed by atoms with Crippen molar-refractivity contribution in [2.45, 2.75) is 31.3 Å². The number of benzene rings is 2. The predicted molar refractivity (Wildman–Crippen MR) is 120 cm³/mol. The van der Waals surface area contributed by atoms with Crippen LogP contribution in [-0.4, -0.2) is 42.2 Å². The fourth-order valence-corrected chi connectivity index (χ4v) is 4.74. The summed E-state index contributed by atoms with van der Waals surface area (Å²) in [4.78, 5) is 13.0. The molecule has 1 N–H and O–H groups in total. The van der Waals surface area contributed by atoms with Crippen LogP contribution >= 0.6 is 35.6 Å². The Morgan fingerprint density at radius 3 is 2.50 bits per heavy atom. The number of carboxylic acids is 1. The third kappa shape index (κ3) is 5.14. The lowest BCUT2D eigenvalue weighted by atomic mass is 9.74. The highest BCUT2D eigenvalue weighted by atomic mass is 35.5. The highest BCUT2D eigenvalue weighted by molar-refractivity contribution is 6.34. The first kappa shape index (κ1) is 23.0. The number of carbonyl (C=O) groups is 1. The Morgan fingerprint density at radius 2 is 1.83 bits per heavy atom. The SMILES string of the molecule is Cl.O=C(O)CCN1CCC2(CC1)COc1ccc(OCc3cc(Cl)cc(Cl)c3)cc12. The molecular weight excluding hydrogens is 449 g/mol. The predicted octanol–water partition coefficient (Wildman–Crippen LogP) is 5.19. The molecule has 1 saturated heterocycles. The number of fused-ring (bicyclic) bond motifs is 2. The molecule has 5 nitrogen and oxygen atoms in total. The van der Waals surface area contributed by atoms with Gasteiger partial charge >= 0.3 is 5.97 Å². The van der Waals surface area contributed by atoms with Crippen molar-refractivity contribution in [3.8, 4) is 11.5 Å². The second kappa shape index (κ2) is 9.65. The summed E-state index contributed by atoms with van der Waals surface area (Å²) in [6.45, 7) is 3.41. The zero-order valence-corrected chi connectivity index (χ0v) is 18.7. The number of piperidine rings is 1. The Labute approximate surface area is 192 Å². The highest BCUT2D eigenvalue weighted by Gasteiger charge is 2.43. The number of hydrogen-bond acceptors (Lipinski definition) is 4. The molecule has 2 aliphatic heterocycles. The summed E-state index contributed by atoms with van der Waals surface area (Å²) in [5.74, 6) is 0.961. The molecule has 8 heteroatoms. The van der Waals surface area contributed by atoms with Crippen LogP contribution in [-0.2, 0) is 16.8 Å². The van der Waals surface area contributed by atoms with Gasteiger partial charge in [0.05, 0.1) is 13.0 Å². The van der Waals surface area contributed by atoms with Crippen molar-refractivity contribution in [1.82, 2.24) is 4.90 Å². The van der Waals surface area contributed by atoms with E-state index in [1.54, 1.807) is 6.07 Å². The van der Waals surface area contributed by atoms with E-state index in [2.05, 4.69) is 11.0 Å². The van der Waals surface area contributed by atoms with Crippen LogP contribution in [0.15, 0.2) is 36.4 Å². The van der Waals surface area contributed by atoms with Gasteiger partial charge in [-0.1, -0.05) is 23.2 Å². The zero-order valence-electron chi connectivity index (χ0n) is 16.4. The van der Waals surface area contributed by atoms with Crippen LogP contribution in [0.3, 0.4) is 0 Å². The van der Waals surface area contributed by atoms with Gasteiger partial charge in [-0.25, -0.2) is 0 Å². The van der Waals surface area contributed by atoms with Crippen LogP contribution < -0.4 is 9.47 Å². The van der Waals surface area contributed by atoms with Crippen LogP contribution in [0.1, 0.15) is 30.4 Å². The van der Waals surface area contributed by atoms with Gasteiger partial charge < -0.3 is 19.5 Å². The summed E-state index contributed by atoms with van der Waals surface area (Å²) in [5, 5.41) is 10.1. The third-order valence-corrected chi connectivity index (χ3v) is 6.25. The highest BCUT2D eigenvalue weighted by Crippen LogP contribution is 2.46. The van der Waals surface area contributed by atoms with Gasteiger partial charge in [-0.2, -0.15) is 0 Å². The Balaban J connectivity index is 0.00000256. The average Bonchev–Trinajstić information content (AvgIpc) is 3.03. The molecule has 2 heterocycles. The second-order valence-electron chi connectivity index (χ2n) is 7.78. The number of nitrogens with zero attached hydrogens (tertiary/aromatic N) is 1. The van der Waals surface area contributed by atoms with Gasteiger partial charge in [-0.15, -0.1) is 12.4 Å². The molecule has 1 fully saturated rings. The lowest BCUT2D eigenvalue weighted by Gasteiger charge is -2.38. The van der Waals surface area contributed by atoms with E-state index >= 15 is 0 Å². The molecule has 0 bridgehead atoms. The van der Waals surface area contributed by atoms with Gasteiger partial charge in [-0.05, 0) is 67.9 Å². The van der Waals surface area contributed by atoms with Crippen LogP contribution in [0.2, 0.25) is 10.0 Å². The van der Waals surface area contributed by atoms with E-state index in [9.17, 15) is 4.79 Å². The van der Waals surface area contributed by atoms with E-state index < -0.39 is 5.97 Å². The number of ether oxygens (including phenoxy) is 2. The molecule has 2 aromatic carbocycles. The molecule has 30 heavy (non-hydrogen) atoms. The fraction of sp³-hybridized carbons (Fsp3) is 0.409. The zero-order chi connectivity index (χ0) is 20.4. The number of halogens is 3. The van der Waals surface area contributed by atoms with Crippen molar-refractivity contribution < 1.29 is 19.4 Å². The van der Waals surface area contributed by atoms with Crippen molar-refractivity contribution in [1.29, 1.82) is 0 Å². The van der Waals surface area contributed by atoms with E-state index in [-0.39, 0.29) is 24.2 Å². The molecule has 0 radical (unpaired) electrons. The van der Waals surface area contributed by atoms with E-state index in [1.165, 1.54) is 5.56 Å². The molecule has 162 valence electrons. The van der Waals surface area contributed by atoms with Crippen LogP contribution in [0.25, 0.3) is 0 Å². The molecular formula is C22H24Cl3NO4. The Kier molecular flexibility index (Phi) is 7.40. The third-order valence-electron chi connectivity index (χ3n) is 5.81. The van der Waals surface area contributed by atoms with Gasteiger partial charge in [0.15, 0.2) is 0 Å². The van der Waals surface area contributed by atoms with E-state index in [0.717, 1.165) is 43.0 Å². The Bertz CT molecular complexity index is 893. The summed E-state index contributed by atoms with van der Waals surface area (Å²) in [7, 11) is 0. The molecule has 0 saturated carbocycles. The van der Waals surface area contributed by atoms with Gasteiger partial charge in [-0.3, -0.25) is 4.79 Å². The number of likely N-dealkylation sites (tertiary alicyclic amines) is 1. The van der Waals surface area contributed by atoms with Gasteiger partial charge in [0.2, 0.25) is 0 Å². The van der Waals surface area contributed by atoms with Crippen molar-refractivity contribution >= 4 is 41.6 Å². The monoisotopic (exact) mass is 471 g/mol. The van der Waals surface area contributed by atoms with Crippen LogP contribution in [0.4, 0.5) is 0 Å². The van der Waals surface area contributed by atoms with E-state index in [0.29, 0.717) is 29.8 Å². The maximum Gasteiger partial charge on any atom is 0.304 e. The topological polar surface area (TPSA) is 59.0 Å². The van der Waals surface area contributed by atoms with Crippen LogP contribution in [0.5, 0.6) is 11.5 Å². The Morgan fingerprint density at radius 1 is 1.13 bits per heavy atom. The molecule has 1 spiro atoms. The maximum absolute atomic E-state index is 10.8. The van der Waals surface area contributed by atoms with Crippen molar-refractivity contribution in [3.05, 3.63) is 57.6 Å². The first-order valence-electron chi connectivity index (χ1n) is 9.73. The molecule has 0 atom stereocenters. The quantitative estimate of drug-likeness (QED) is 0.626. The molecule has 0 aromatic heterocycles. The summed E-state index contributed by atoms with van der Waals surface area (Å²) < 4.78 is 12.0. The molecule has 0 unspecified atom stereocenters. The minimum absolute atomic E-state index is 0. The second-order valence-corrected chi connectivity index (χ2v) is 8.65. The fourth-order valence-electron chi connectivity index (χ4n) is 4.17. The molecule has 0 aliphatic carbocycles. The average molecular weight is 473 g/mol. The number of hydrogen-bond donors (Lipinski definition) is 1. The number of aliphatic carboxylic acids is 1. The first-order chi connectivity index (χ1) is 13.9. The summed E-state index contributed by atoms with van der Waals surface area (Å²) in [6, 6.07) is 11.4. The minimum Gasteiger partial charge on any atom is -0.492 e. The van der Waals surface area contributed by atoms with Gasteiger partial charge in [0, 0.05) is 27.6 Å². The summed E-state index contributed by atoms with van der Waals surface area (Å²) in [6.07, 6.45) is 2.09. The normalized spacial score (nSPS) is 17.1. The largest absolute Gasteiger partial charge is 0.492 e. The Hall–Kier alpha value is -1.66. The molecule has 2 aromatic rings. The summed E-state index contributed by atoms with van der Waals surface area (Å²) >= 11 is 12.1. The lowest BCUT2D eigenvalue weighted by molar-refractivity contribution is -0.137. The molecule has 4 rings (SSSR count). The van der Waals surface area contributed by atoms with Crippen molar-refractivity contribution in [2.24, 2.45) is 0 Å². The van der Waals surface area contributed by atoms with E-state index in [4.69, 9.17) is 37.8 Å². The maximum atomic E-state index is 10.8. The van der Waals surface area contributed by atoms with Crippen molar-refractivity contribution in [3.63, 3.8) is 0 Å². The number of rotatable bonds is 6. The van der Waals surface area contributed by atoms with E-state index in [1.807, 2.05) is 24.3 Å². The van der Waals surface area contributed by atoms with Gasteiger partial charge in [0.1, 0.15) is 18.1 Å². The standard InChI is InChI=1S/C22H23Cl2NO4.ClH/c23-16-9-15(10-17(24)11-16)13-28-18-1-2-20-19(12-18)22(14-29-20)4-7-25(8-5-22)6-3-21(26)27;/h1-2,9-12H,3-8,13-14H2,(H,26,27);1H. The minimum atomic E-state index is -0.748. The molecule has 0 amide bonds. The number of carboxylic acid groups (broad SMARTS) is 1. The molecule has 2 aliphatic rings. The van der Waals surface area contributed by atoms with Gasteiger partial charge in [0.25, 0.3) is 0 Å².